The third kappa shape index (κ3) is 67.8. The summed E-state index contributed by atoms with van der Waals surface area (Å²) >= 11 is 0. The van der Waals surface area contributed by atoms with Gasteiger partial charge < -0.3 is 14.2 Å². The molecule has 0 bridgehead atoms. The minimum atomic E-state index is -0.772. The second-order valence-corrected chi connectivity index (χ2v) is 24.1. The molecule has 0 aromatic heterocycles. The molecule has 6 heteroatoms. The fourth-order valence-corrected chi connectivity index (χ4v) is 10.7. The highest BCUT2D eigenvalue weighted by Crippen LogP contribution is 2.19. The topological polar surface area (TPSA) is 78.9 Å². The maximum atomic E-state index is 12.9. The van der Waals surface area contributed by atoms with Crippen molar-refractivity contribution in [1.29, 1.82) is 0 Å². The molecule has 0 N–H and O–H groups in total. The van der Waals surface area contributed by atoms with Crippen molar-refractivity contribution >= 4 is 17.9 Å². The summed E-state index contributed by atoms with van der Waals surface area (Å²) in [4.78, 5) is 38.1. The maximum absolute atomic E-state index is 12.9. The van der Waals surface area contributed by atoms with Crippen LogP contribution < -0.4 is 0 Å². The van der Waals surface area contributed by atoms with E-state index in [0.717, 1.165) is 89.9 Å². The fraction of sp³-hybridized carbons (Fsp3) is 0.827. The molecule has 472 valence electrons. The smallest absolute Gasteiger partial charge is 0.306 e. The summed E-state index contributed by atoms with van der Waals surface area (Å²) in [6.45, 7) is 6.52. The van der Waals surface area contributed by atoms with Gasteiger partial charge in [0, 0.05) is 19.3 Å². The van der Waals surface area contributed by atoms with Gasteiger partial charge in [-0.3, -0.25) is 14.4 Å². The Morgan fingerprint density at radius 1 is 0.259 bits per heavy atom. The van der Waals surface area contributed by atoms with Gasteiger partial charge in [-0.05, 0) is 64.2 Å². The van der Waals surface area contributed by atoms with E-state index in [-0.39, 0.29) is 31.1 Å². The molecule has 0 heterocycles. The number of hydrogen-bond acceptors (Lipinski definition) is 6. The first kappa shape index (κ1) is 78.1. The van der Waals surface area contributed by atoms with Gasteiger partial charge in [-0.15, -0.1) is 0 Å². The summed E-state index contributed by atoms with van der Waals surface area (Å²) in [6, 6.07) is 0. The highest BCUT2D eigenvalue weighted by molar-refractivity contribution is 5.71. The maximum Gasteiger partial charge on any atom is 0.306 e. The second-order valence-electron chi connectivity index (χ2n) is 24.1. The van der Waals surface area contributed by atoms with E-state index in [2.05, 4.69) is 81.5 Å². The molecule has 81 heavy (non-hydrogen) atoms. The standard InChI is InChI=1S/C75H136O6/c1-4-7-10-13-16-18-20-22-24-26-28-30-32-34-36-37-38-40-41-43-45-47-49-51-53-55-57-59-62-65-68-74(77)80-71-72(70-79-73(76)67-64-61-15-12-9-6-3)81-75(78)69-66-63-60-58-56-54-52-50-48-46-44-42-39-35-33-31-29-27-25-23-21-19-17-14-11-8-5-2/h8,11,17,19,23,25,29,31,35,39,72H,4-7,9-10,12-16,18,20-22,24,26-28,30,32-34,36-38,40-71H2,1-3H3/b11-8-,19-17-,25-23-,31-29-,39-35-. The van der Waals surface area contributed by atoms with Gasteiger partial charge in [-0.1, -0.05) is 358 Å². The minimum Gasteiger partial charge on any atom is -0.462 e. The molecular weight excluding hydrogens is 997 g/mol. The molecule has 0 spiro atoms. The number of ether oxygens (including phenoxy) is 3. The van der Waals surface area contributed by atoms with Crippen molar-refractivity contribution in [2.45, 2.75) is 386 Å². The van der Waals surface area contributed by atoms with Crippen molar-refractivity contribution < 1.29 is 28.6 Å². The first-order chi connectivity index (χ1) is 40.0. The Kier molecular flexibility index (Phi) is 67.1. The van der Waals surface area contributed by atoms with Crippen LogP contribution in [0.25, 0.3) is 0 Å². The Bertz CT molecular complexity index is 1440. The van der Waals surface area contributed by atoms with Crippen LogP contribution in [0.2, 0.25) is 0 Å². The van der Waals surface area contributed by atoms with Crippen LogP contribution in [0.5, 0.6) is 0 Å². The first-order valence-corrected chi connectivity index (χ1v) is 35.8. The van der Waals surface area contributed by atoms with Crippen molar-refractivity contribution in [3.63, 3.8) is 0 Å². The molecule has 1 unspecified atom stereocenters. The van der Waals surface area contributed by atoms with E-state index in [0.29, 0.717) is 19.3 Å². The molecule has 0 radical (unpaired) electrons. The molecule has 0 rings (SSSR count). The fourth-order valence-electron chi connectivity index (χ4n) is 10.7. The molecule has 0 saturated carbocycles. The van der Waals surface area contributed by atoms with Crippen LogP contribution in [0.4, 0.5) is 0 Å². The van der Waals surface area contributed by atoms with Crippen LogP contribution in [0, 0.1) is 0 Å². The van der Waals surface area contributed by atoms with Crippen LogP contribution in [-0.2, 0) is 28.6 Å². The van der Waals surface area contributed by atoms with E-state index < -0.39 is 6.10 Å². The Hall–Kier alpha value is -2.89. The SMILES string of the molecule is CC/C=C\C/C=C\C/C=C\C/C=C\C/C=C\CCCCCCCCCCCCCC(=O)OC(COC(=O)CCCCCCCC)COC(=O)CCCCCCCCCCCCCCCCCCCCCCCCCCCCCCCC. The van der Waals surface area contributed by atoms with Crippen LogP contribution >= 0.6 is 0 Å². The van der Waals surface area contributed by atoms with Gasteiger partial charge in [0.2, 0.25) is 0 Å². The highest BCUT2D eigenvalue weighted by Gasteiger charge is 2.19. The van der Waals surface area contributed by atoms with Gasteiger partial charge in [0.15, 0.2) is 6.10 Å². The average molecular weight is 1130 g/mol. The largest absolute Gasteiger partial charge is 0.462 e. The lowest BCUT2D eigenvalue weighted by atomic mass is 10.0. The number of carbonyl (C=O) groups excluding carboxylic acids is 3. The molecular formula is C75H136O6. The monoisotopic (exact) mass is 1130 g/mol. The normalized spacial score (nSPS) is 12.4. The zero-order valence-electron chi connectivity index (χ0n) is 54.3. The number of allylic oxidation sites excluding steroid dienone is 10. The Morgan fingerprint density at radius 3 is 0.753 bits per heavy atom. The average Bonchev–Trinajstić information content (AvgIpc) is 3.47. The van der Waals surface area contributed by atoms with E-state index in [9.17, 15) is 14.4 Å². The van der Waals surface area contributed by atoms with Gasteiger partial charge in [0.1, 0.15) is 13.2 Å². The van der Waals surface area contributed by atoms with Crippen LogP contribution in [0.1, 0.15) is 380 Å². The van der Waals surface area contributed by atoms with Crippen molar-refractivity contribution in [3.8, 4) is 0 Å². The van der Waals surface area contributed by atoms with Crippen LogP contribution in [0.15, 0.2) is 60.8 Å². The van der Waals surface area contributed by atoms with Crippen molar-refractivity contribution in [3.05, 3.63) is 60.8 Å². The van der Waals surface area contributed by atoms with Gasteiger partial charge in [0.25, 0.3) is 0 Å². The summed E-state index contributed by atoms with van der Waals surface area (Å²) in [5.74, 6) is -0.862. The number of unbranched alkanes of at least 4 members (excludes halogenated alkanes) is 45. The molecule has 0 aromatic carbocycles. The first-order valence-electron chi connectivity index (χ1n) is 35.8. The zero-order chi connectivity index (χ0) is 58.5. The summed E-state index contributed by atoms with van der Waals surface area (Å²) in [7, 11) is 0. The Morgan fingerprint density at radius 2 is 0.481 bits per heavy atom. The molecule has 0 aliphatic rings. The van der Waals surface area contributed by atoms with Crippen molar-refractivity contribution in [1.82, 2.24) is 0 Å². The van der Waals surface area contributed by atoms with Gasteiger partial charge in [-0.2, -0.15) is 0 Å². The molecule has 0 amide bonds. The third-order valence-corrected chi connectivity index (χ3v) is 16.0. The predicted octanol–water partition coefficient (Wildman–Crippen LogP) is 24.7. The molecule has 0 fully saturated rings. The van der Waals surface area contributed by atoms with E-state index in [1.807, 2.05) is 0 Å². The van der Waals surface area contributed by atoms with Crippen LogP contribution in [0.3, 0.4) is 0 Å². The van der Waals surface area contributed by atoms with Gasteiger partial charge >= 0.3 is 17.9 Å². The van der Waals surface area contributed by atoms with E-state index >= 15 is 0 Å². The van der Waals surface area contributed by atoms with Gasteiger partial charge in [0.05, 0.1) is 0 Å². The summed E-state index contributed by atoms with van der Waals surface area (Å²) in [5, 5.41) is 0. The minimum absolute atomic E-state index is 0.0707. The lowest BCUT2D eigenvalue weighted by Crippen LogP contribution is -2.30. The number of hydrogen-bond donors (Lipinski definition) is 0. The Labute approximate surface area is 504 Å². The number of carbonyl (C=O) groups is 3. The third-order valence-electron chi connectivity index (χ3n) is 16.0. The number of esters is 3. The van der Waals surface area contributed by atoms with Crippen molar-refractivity contribution in [2.24, 2.45) is 0 Å². The zero-order valence-corrected chi connectivity index (χ0v) is 54.3. The molecule has 0 aliphatic carbocycles. The summed E-state index contributed by atoms with van der Waals surface area (Å²) in [5.41, 5.74) is 0. The highest BCUT2D eigenvalue weighted by atomic mass is 16.6. The number of rotatable bonds is 66. The lowest BCUT2D eigenvalue weighted by Gasteiger charge is -2.18. The summed E-state index contributed by atoms with van der Waals surface area (Å²) < 4.78 is 16.9. The van der Waals surface area contributed by atoms with E-state index in [1.54, 1.807) is 0 Å². The molecule has 0 aromatic rings. The van der Waals surface area contributed by atoms with E-state index in [4.69, 9.17) is 14.2 Å². The molecule has 1 atom stereocenters. The van der Waals surface area contributed by atoms with Gasteiger partial charge in [-0.25, -0.2) is 0 Å². The lowest BCUT2D eigenvalue weighted by molar-refractivity contribution is -0.167. The van der Waals surface area contributed by atoms with Crippen LogP contribution in [-0.4, -0.2) is 37.2 Å². The second kappa shape index (κ2) is 69.6. The quantitative estimate of drug-likeness (QED) is 0.0261. The molecule has 0 aliphatic heterocycles. The van der Waals surface area contributed by atoms with Crippen molar-refractivity contribution in [2.75, 3.05) is 13.2 Å². The van der Waals surface area contributed by atoms with E-state index in [1.165, 1.54) is 250 Å². The molecule has 0 saturated heterocycles. The predicted molar refractivity (Wildman–Crippen MR) is 353 cm³/mol. The molecule has 6 nitrogen and oxygen atoms in total. The Balaban J connectivity index is 3.98. The summed E-state index contributed by atoms with van der Waals surface area (Å²) in [6.07, 6.45) is 90.2.